The number of rotatable bonds is 4. The number of hydrogen-bond donors (Lipinski definition) is 2. The van der Waals surface area contributed by atoms with Crippen molar-refractivity contribution in [2.24, 2.45) is 0 Å². The summed E-state index contributed by atoms with van der Waals surface area (Å²) in [7, 11) is -5.49. The number of halogens is 3. The molecule has 0 aliphatic carbocycles. The number of hydrogen-bond acceptors (Lipinski definition) is 4. The highest BCUT2D eigenvalue weighted by molar-refractivity contribution is 7.93. The maximum Gasteiger partial charge on any atom is 0.516 e. The number of anilines is 1. The normalized spacial score (nSPS) is 12.3. The summed E-state index contributed by atoms with van der Waals surface area (Å²) in [5.74, 6) is -0.353. The third-order valence-corrected chi connectivity index (χ3v) is 5.52. The number of benzene rings is 1. The summed E-state index contributed by atoms with van der Waals surface area (Å²) in [5, 5.41) is 8.14. The van der Waals surface area contributed by atoms with E-state index in [9.17, 15) is 21.6 Å². The Morgan fingerprint density at radius 3 is 2.52 bits per heavy atom. The van der Waals surface area contributed by atoms with Crippen LogP contribution in [0.3, 0.4) is 0 Å². The van der Waals surface area contributed by atoms with Crippen molar-refractivity contribution in [2.75, 3.05) is 4.72 Å². The van der Waals surface area contributed by atoms with Crippen LogP contribution in [0.15, 0.2) is 41.8 Å². The zero-order valence-electron chi connectivity index (χ0n) is 12.8. The lowest BCUT2D eigenvalue weighted by atomic mass is 9.99. The molecule has 0 saturated carbocycles. The molecule has 3 rings (SSSR count). The van der Waals surface area contributed by atoms with Crippen LogP contribution in [-0.4, -0.2) is 24.1 Å². The molecule has 0 aliphatic rings. The quantitative estimate of drug-likeness (QED) is 0.698. The van der Waals surface area contributed by atoms with Gasteiger partial charge >= 0.3 is 15.5 Å². The van der Waals surface area contributed by atoms with Crippen molar-refractivity contribution in [3.05, 3.63) is 47.3 Å². The number of sulfonamides is 1. The van der Waals surface area contributed by atoms with Crippen molar-refractivity contribution in [3.8, 4) is 21.7 Å². The van der Waals surface area contributed by atoms with Crippen LogP contribution in [0.1, 0.15) is 5.56 Å². The fraction of sp³-hybridized carbons (Fsp3) is 0.133. The standard InChI is InChI=1S/C15H12F3N3O2S2/c1-9-10(4-2-5-11(9)13-6-3-7-24-13)12-8-14(20-19-12)21-25(22,23)15(16,17)18/h2-8H,1H3,(H2,19,20,21). The van der Waals surface area contributed by atoms with Gasteiger partial charge in [-0.2, -0.15) is 26.7 Å². The molecule has 3 aromatic rings. The predicted octanol–water partition coefficient (Wildman–Crippen LogP) is 4.38. The highest BCUT2D eigenvalue weighted by Crippen LogP contribution is 2.34. The molecule has 25 heavy (non-hydrogen) atoms. The summed E-state index contributed by atoms with van der Waals surface area (Å²) in [5.41, 5.74) is -2.49. The van der Waals surface area contributed by atoms with Gasteiger partial charge in [0.2, 0.25) is 0 Å². The van der Waals surface area contributed by atoms with Crippen LogP contribution in [0.5, 0.6) is 0 Å². The van der Waals surface area contributed by atoms with E-state index >= 15 is 0 Å². The summed E-state index contributed by atoms with van der Waals surface area (Å²) in [6, 6.07) is 10.6. The second-order valence-electron chi connectivity index (χ2n) is 5.17. The molecule has 0 bridgehead atoms. The van der Waals surface area contributed by atoms with Crippen LogP contribution in [0.2, 0.25) is 0 Å². The maximum absolute atomic E-state index is 12.4. The lowest BCUT2D eigenvalue weighted by molar-refractivity contribution is -0.0429. The number of alkyl halides is 3. The third-order valence-electron chi connectivity index (χ3n) is 3.52. The van der Waals surface area contributed by atoms with Crippen LogP contribution in [0.25, 0.3) is 21.7 Å². The van der Waals surface area contributed by atoms with Crippen molar-refractivity contribution in [1.82, 2.24) is 10.2 Å². The highest BCUT2D eigenvalue weighted by Gasteiger charge is 2.46. The lowest BCUT2D eigenvalue weighted by Gasteiger charge is -2.08. The summed E-state index contributed by atoms with van der Waals surface area (Å²) in [4.78, 5) is 1.05. The van der Waals surface area contributed by atoms with Crippen molar-refractivity contribution >= 4 is 27.2 Å². The average molecular weight is 387 g/mol. The molecule has 2 N–H and O–H groups in total. The first-order valence-electron chi connectivity index (χ1n) is 6.97. The molecule has 0 radical (unpaired) electrons. The molecular weight excluding hydrogens is 375 g/mol. The molecule has 0 fully saturated rings. The molecule has 0 aliphatic heterocycles. The molecule has 10 heteroatoms. The third kappa shape index (κ3) is 3.40. The van der Waals surface area contributed by atoms with Gasteiger partial charge in [-0.15, -0.1) is 11.3 Å². The Morgan fingerprint density at radius 2 is 1.88 bits per heavy atom. The van der Waals surface area contributed by atoms with Crippen molar-refractivity contribution < 1.29 is 21.6 Å². The minimum absolute atomic E-state index is 0.343. The molecule has 2 heterocycles. The Hall–Kier alpha value is -2.33. The minimum Gasteiger partial charge on any atom is -0.262 e. The Labute approximate surface area is 145 Å². The van der Waals surface area contributed by atoms with E-state index in [1.54, 1.807) is 17.4 Å². The molecule has 1 aromatic carbocycles. The van der Waals surface area contributed by atoms with Crippen LogP contribution >= 0.6 is 11.3 Å². The van der Waals surface area contributed by atoms with Crippen LogP contribution in [0.4, 0.5) is 19.0 Å². The van der Waals surface area contributed by atoms with E-state index in [-0.39, 0.29) is 5.82 Å². The molecule has 0 amide bonds. The van der Waals surface area contributed by atoms with E-state index in [1.807, 2.05) is 36.6 Å². The van der Waals surface area contributed by atoms with E-state index in [0.717, 1.165) is 16.0 Å². The van der Waals surface area contributed by atoms with Gasteiger partial charge in [-0.1, -0.05) is 24.3 Å². The molecule has 0 saturated heterocycles. The Kier molecular flexibility index (Phi) is 4.33. The van der Waals surface area contributed by atoms with Gasteiger partial charge in [-0.3, -0.25) is 9.82 Å². The SMILES string of the molecule is Cc1c(-c2cc(NS(=O)(=O)C(F)(F)F)[nH]n2)cccc1-c1cccs1. The van der Waals surface area contributed by atoms with Gasteiger partial charge in [0.15, 0.2) is 0 Å². The van der Waals surface area contributed by atoms with Gasteiger partial charge in [0.25, 0.3) is 0 Å². The number of thiophene rings is 1. The number of nitrogens with one attached hydrogen (secondary N) is 2. The van der Waals surface area contributed by atoms with E-state index in [1.165, 1.54) is 10.8 Å². The highest BCUT2D eigenvalue weighted by atomic mass is 32.2. The van der Waals surface area contributed by atoms with Crippen LogP contribution in [0, 0.1) is 6.92 Å². The maximum atomic E-state index is 12.4. The van der Waals surface area contributed by atoms with E-state index in [0.29, 0.717) is 11.3 Å². The van der Waals surface area contributed by atoms with Crippen molar-refractivity contribution in [2.45, 2.75) is 12.4 Å². The lowest BCUT2D eigenvalue weighted by Crippen LogP contribution is -2.30. The smallest absolute Gasteiger partial charge is 0.262 e. The number of aromatic amines is 1. The van der Waals surface area contributed by atoms with Crippen LogP contribution in [-0.2, 0) is 10.0 Å². The Balaban J connectivity index is 1.95. The van der Waals surface area contributed by atoms with Crippen LogP contribution < -0.4 is 4.72 Å². The summed E-state index contributed by atoms with van der Waals surface area (Å²) in [6.07, 6.45) is 0. The van der Waals surface area contributed by atoms with E-state index in [2.05, 4.69) is 10.2 Å². The largest absolute Gasteiger partial charge is 0.516 e. The van der Waals surface area contributed by atoms with Gasteiger partial charge < -0.3 is 0 Å². The van der Waals surface area contributed by atoms with E-state index in [4.69, 9.17) is 0 Å². The van der Waals surface area contributed by atoms with Gasteiger partial charge in [0, 0.05) is 16.5 Å². The summed E-state index contributed by atoms with van der Waals surface area (Å²) in [6.45, 7) is 1.87. The zero-order valence-corrected chi connectivity index (χ0v) is 14.4. The number of aromatic nitrogens is 2. The molecule has 0 atom stereocenters. The molecule has 2 aromatic heterocycles. The van der Waals surface area contributed by atoms with Crippen molar-refractivity contribution in [1.29, 1.82) is 0 Å². The zero-order chi connectivity index (χ0) is 18.2. The first kappa shape index (κ1) is 17.5. The fourth-order valence-electron chi connectivity index (χ4n) is 2.33. The summed E-state index contributed by atoms with van der Waals surface area (Å²) < 4.78 is 61.1. The first-order valence-corrected chi connectivity index (χ1v) is 9.34. The topological polar surface area (TPSA) is 74.8 Å². The van der Waals surface area contributed by atoms with Gasteiger partial charge in [-0.25, -0.2) is 0 Å². The van der Waals surface area contributed by atoms with Gasteiger partial charge in [-0.05, 0) is 29.5 Å². The predicted molar refractivity (Wildman–Crippen MR) is 90.7 cm³/mol. The minimum atomic E-state index is -5.49. The number of H-pyrrole nitrogens is 1. The monoisotopic (exact) mass is 387 g/mol. The van der Waals surface area contributed by atoms with Gasteiger partial charge in [0.1, 0.15) is 5.82 Å². The second kappa shape index (κ2) is 6.19. The molecule has 5 nitrogen and oxygen atoms in total. The molecule has 132 valence electrons. The Bertz CT molecular complexity index is 993. The Morgan fingerprint density at radius 1 is 1.16 bits per heavy atom. The molecular formula is C15H12F3N3O2S2. The van der Waals surface area contributed by atoms with E-state index < -0.39 is 15.5 Å². The molecule has 0 unspecified atom stereocenters. The van der Waals surface area contributed by atoms with Gasteiger partial charge in [0.05, 0.1) is 5.69 Å². The average Bonchev–Trinajstić information content (AvgIpc) is 3.17. The first-order chi connectivity index (χ1) is 11.7. The number of nitrogens with zero attached hydrogens (tertiary/aromatic N) is 1. The molecule has 0 spiro atoms. The second-order valence-corrected chi connectivity index (χ2v) is 7.80. The summed E-state index contributed by atoms with van der Waals surface area (Å²) >= 11 is 1.57. The van der Waals surface area contributed by atoms with Crippen molar-refractivity contribution in [3.63, 3.8) is 0 Å². The fourth-order valence-corrected chi connectivity index (χ4v) is 3.65.